The van der Waals surface area contributed by atoms with Crippen LogP contribution in [0.4, 0.5) is 0 Å². The smallest absolute Gasteiger partial charge is 0.225 e. The van der Waals surface area contributed by atoms with Gasteiger partial charge in [0.25, 0.3) is 0 Å². The van der Waals surface area contributed by atoms with Gasteiger partial charge in [-0.15, -0.1) is 0 Å². The van der Waals surface area contributed by atoms with E-state index in [1.807, 2.05) is 31.2 Å². The van der Waals surface area contributed by atoms with E-state index in [2.05, 4.69) is 5.32 Å². The topological polar surface area (TPSA) is 58.6 Å². The van der Waals surface area contributed by atoms with Gasteiger partial charge in [-0.2, -0.15) is 0 Å². The van der Waals surface area contributed by atoms with Gasteiger partial charge in [-0.25, -0.2) is 0 Å². The highest BCUT2D eigenvalue weighted by atomic mass is 16.5. The van der Waals surface area contributed by atoms with Crippen LogP contribution in [0.5, 0.6) is 5.75 Å². The van der Waals surface area contributed by atoms with E-state index in [1.54, 1.807) is 4.90 Å². The Bertz CT molecular complexity index is 558. The van der Waals surface area contributed by atoms with E-state index >= 15 is 0 Å². The fourth-order valence-electron chi connectivity index (χ4n) is 2.99. The Balaban J connectivity index is 1.58. The van der Waals surface area contributed by atoms with Crippen molar-refractivity contribution in [2.75, 3.05) is 19.7 Å². The van der Waals surface area contributed by atoms with Crippen LogP contribution in [-0.4, -0.2) is 42.5 Å². The summed E-state index contributed by atoms with van der Waals surface area (Å²) < 4.78 is 5.67. The number of ether oxygens (including phenoxy) is 1. The Morgan fingerprint density at radius 2 is 2.19 bits per heavy atom. The number of hydrogen-bond donors (Lipinski definition) is 1. The maximum Gasteiger partial charge on any atom is 0.225 e. The fraction of sp³-hybridized carbons (Fsp3) is 0.500. The van der Waals surface area contributed by atoms with E-state index in [4.69, 9.17) is 4.74 Å². The predicted octanol–water partition coefficient (Wildman–Crippen LogP) is 0.975. The van der Waals surface area contributed by atoms with Gasteiger partial charge in [-0.05, 0) is 25.0 Å². The Morgan fingerprint density at radius 3 is 2.95 bits per heavy atom. The fourth-order valence-corrected chi connectivity index (χ4v) is 2.99. The van der Waals surface area contributed by atoms with E-state index in [1.165, 1.54) is 0 Å². The second-order valence-electron chi connectivity index (χ2n) is 5.66. The summed E-state index contributed by atoms with van der Waals surface area (Å²) in [6, 6.07) is 7.87. The van der Waals surface area contributed by atoms with Crippen molar-refractivity contribution in [2.45, 2.75) is 25.8 Å². The van der Waals surface area contributed by atoms with Gasteiger partial charge < -0.3 is 15.0 Å². The Kier molecular flexibility index (Phi) is 3.82. The van der Waals surface area contributed by atoms with Crippen LogP contribution in [0.25, 0.3) is 0 Å². The number of nitrogens with one attached hydrogen (secondary N) is 1. The molecule has 2 heterocycles. The first-order chi connectivity index (χ1) is 10.2. The van der Waals surface area contributed by atoms with E-state index in [9.17, 15) is 9.59 Å². The molecule has 5 nitrogen and oxygen atoms in total. The first-order valence-corrected chi connectivity index (χ1v) is 7.46. The molecule has 2 aliphatic heterocycles. The molecule has 2 aliphatic rings. The van der Waals surface area contributed by atoms with Gasteiger partial charge in [0, 0.05) is 19.5 Å². The number of benzene rings is 1. The van der Waals surface area contributed by atoms with Gasteiger partial charge in [-0.3, -0.25) is 9.59 Å². The highest BCUT2D eigenvalue weighted by Gasteiger charge is 2.34. The summed E-state index contributed by atoms with van der Waals surface area (Å²) in [5.74, 6) is 0.709. The number of likely N-dealkylation sites (tertiary alicyclic amines) is 1. The molecule has 1 fully saturated rings. The monoisotopic (exact) mass is 288 g/mol. The molecule has 0 bridgehead atoms. The van der Waals surface area contributed by atoms with Crippen LogP contribution in [0.15, 0.2) is 24.3 Å². The van der Waals surface area contributed by atoms with Crippen LogP contribution in [0.1, 0.15) is 18.9 Å². The van der Waals surface area contributed by atoms with E-state index in [0.717, 1.165) is 17.7 Å². The molecular formula is C16H20N2O3. The molecular weight excluding hydrogens is 268 g/mol. The van der Waals surface area contributed by atoms with Gasteiger partial charge in [0.15, 0.2) is 0 Å². The van der Waals surface area contributed by atoms with Gasteiger partial charge >= 0.3 is 0 Å². The average Bonchev–Trinajstić information content (AvgIpc) is 2.88. The van der Waals surface area contributed by atoms with Gasteiger partial charge in [0.1, 0.15) is 12.4 Å². The maximum absolute atomic E-state index is 12.3. The molecule has 0 saturated carbocycles. The number of amides is 2. The van der Waals surface area contributed by atoms with Crippen LogP contribution >= 0.6 is 0 Å². The molecule has 2 amide bonds. The molecule has 3 rings (SSSR count). The molecule has 0 radical (unpaired) electrons. The summed E-state index contributed by atoms with van der Waals surface area (Å²) in [6.45, 7) is 3.62. The molecule has 2 unspecified atom stereocenters. The standard InChI is InChI=1S/C16H20N2O3/c1-2-18-9-12(8-15(18)19)16(20)17-13-7-11-5-3-4-6-14(11)21-10-13/h3-6,12-13H,2,7-10H2,1H3,(H,17,20). The number of carbonyl (C=O) groups excluding carboxylic acids is 2. The first kappa shape index (κ1) is 13.9. The first-order valence-electron chi connectivity index (χ1n) is 7.46. The summed E-state index contributed by atoms with van der Waals surface area (Å²) in [7, 11) is 0. The number of nitrogens with zero attached hydrogens (tertiary/aromatic N) is 1. The van der Waals surface area contributed by atoms with Crippen LogP contribution < -0.4 is 10.1 Å². The Labute approximate surface area is 124 Å². The lowest BCUT2D eigenvalue weighted by atomic mass is 10.0. The highest BCUT2D eigenvalue weighted by Crippen LogP contribution is 2.24. The molecule has 1 N–H and O–H groups in total. The SMILES string of the molecule is CCN1CC(C(=O)NC2COc3ccccc3C2)CC1=O. The third-order valence-electron chi connectivity index (χ3n) is 4.19. The van der Waals surface area contributed by atoms with Crippen molar-refractivity contribution in [1.29, 1.82) is 0 Å². The number of rotatable bonds is 3. The van der Waals surface area contributed by atoms with Crippen molar-refractivity contribution in [3.8, 4) is 5.75 Å². The van der Waals surface area contributed by atoms with Crippen molar-refractivity contribution >= 4 is 11.8 Å². The zero-order chi connectivity index (χ0) is 14.8. The van der Waals surface area contributed by atoms with E-state index < -0.39 is 0 Å². The second kappa shape index (κ2) is 5.76. The second-order valence-corrected chi connectivity index (χ2v) is 5.66. The number of fused-ring (bicyclic) bond motifs is 1. The average molecular weight is 288 g/mol. The van der Waals surface area contributed by atoms with E-state index in [0.29, 0.717) is 26.1 Å². The molecule has 1 saturated heterocycles. The van der Waals surface area contributed by atoms with Crippen molar-refractivity contribution in [1.82, 2.24) is 10.2 Å². The van der Waals surface area contributed by atoms with Crippen LogP contribution in [0.3, 0.4) is 0 Å². The highest BCUT2D eigenvalue weighted by molar-refractivity contribution is 5.89. The Hall–Kier alpha value is -2.04. The third-order valence-corrected chi connectivity index (χ3v) is 4.19. The normalized spacial score (nSPS) is 24.4. The molecule has 0 spiro atoms. The number of carbonyl (C=O) groups is 2. The molecule has 5 heteroatoms. The molecule has 1 aromatic rings. The molecule has 0 aliphatic carbocycles. The molecule has 1 aromatic carbocycles. The largest absolute Gasteiger partial charge is 0.491 e. The van der Waals surface area contributed by atoms with Gasteiger partial charge in [0.05, 0.1) is 12.0 Å². The minimum atomic E-state index is -0.227. The summed E-state index contributed by atoms with van der Waals surface area (Å²) in [5.41, 5.74) is 1.12. The summed E-state index contributed by atoms with van der Waals surface area (Å²) >= 11 is 0. The number of para-hydroxylation sites is 1. The van der Waals surface area contributed by atoms with Gasteiger partial charge in [-0.1, -0.05) is 18.2 Å². The van der Waals surface area contributed by atoms with E-state index in [-0.39, 0.29) is 23.8 Å². The summed E-state index contributed by atoms with van der Waals surface area (Å²) in [4.78, 5) is 25.7. The molecule has 2 atom stereocenters. The lowest BCUT2D eigenvalue weighted by Gasteiger charge is -2.27. The maximum atomic E-state index is 12.3. The van der Waals surface area contributed by atoms with Crippen molar-refractivity contribution in [2.24, 2.45) is 5.92 Å². The zero-order valence-corrected chi connectivity index (χ0v) is 12.2. The minimum Gasteiger partial charge on any atom is -0.491 e. The van der Waals surface area contributed by atoms with Gasteiger partial charge in [0.2, 0.25) is 11.8 Å². The van der Waals surface area contributed by atoms with Crippen molar-refractivity contribution in [3.63, 3.8) is 0 Å². The third kappa shape index (κ3) is 2.86. The van der Waals surface area contributed by atoms with Crippen molar-refractivity contribution in [3.05, 3.63) is 29.8 Å². The summed E-state index contributed by atoms with van der Waals surface area (Å²) in [6.07, 6.45) is 1.10. The minimum absolute atomic E-state index is 0.0156. The molecule has 21 heavy (non-hydrogen) atoms. The molecule has 0 aromatic heterocycles. The quantitative estimate of drug-likeness (QED) is 0.902. The lowest BCUT2D eigenvalue weighted by Crippen LogP contribution is -2.45. The summed E-state index contributed by atoms with van der Waals surface area (Å²) in [5, 5.41) is 3.02. The Morgan fingerprint density at radius 1 is 1.38 bits per heavy atom. The number of hydrogen-bond acceptors (Lipinski definition) is 3. The van der Waals surface area contributed by atoms with Crippen molar-refractivity contribution < 1.29 is 14.3 Å². The van der Waals surface area contributed by atoms with Crippen LogP contribution in [0.2, 0.25) is 0 Å². The lowest BCUT2D eigenvalue weighted by molar-refractivity contribution is -0.129. The van der Waals surface area contributed by atoms with Crippen LogP contribution in [-0.2, 0) is 16.0 Å². The van der Waals surface area contributed by atoms with Crippen LogP contribution in [0, 0.1) is 5.92 Å². The predicted molar refractivity (Wildman–Crippen MR) is 77.9 cm³/mol. The zero-order valence-electron chi connectivity index (χ0n) is 12.2. The molecule has 112 valence electrons.